The summed E-state index contributed by atoms with van der Waals surface area (Å²) in [6.07, 6.45) is 0. The second kappa shape index (κ2) is 12.2. The molecule has 2 aromatic carbocycles. The van der Waals surface area contributed by atoms with Crippen molar-refractivity contribution in [1.82, 2.24) is 14.8 Å². The van der Waals surface area contributed by atoms with E-state index in [9.17, 15) is 14.4 Å². The molecule has 3 aromatic rings. The van der Waals surface area contributed by atoms with Crippen LogP contribution in [0.15, 0.2) is 47.6 Å². The minimum absolute atomic E-state index is 0.00738. The molecule has 1 aromatic heterocycles. The Balaban J connectivity index is 1.61. The number of amides is 1. The second-order valence-electron chi connectivity index (χ2n) is 8.05. The number of nitrogens with zero attached hydrogens (tertiary/aromatic N) is 3. The van der Waals surface area contributed by atoms with Gasteiger partial charge in [0.1, 0.15) is 12.4 Å². The fourth-order valence-corrected chi connectivity index (χ4v) is 3.92. The van der Waals surface area contributed by atoms with Crippen molar-refractivity contribution in [2.75, 3.05) is 25.3 Å². The van der Waals surface area contributed by atoms with Gasteiger partial charge < -0.3 is 24.1 Å². The minimum Gasteiger partial charge on any atom is -0.486 e. The molecular formula is C25H28N4O6S. The predicted octanol–water partition coefficient (Wildman–Crippen LogP) is 3.82. The first-order valence-corrected chi connectivity index (χ1v) is 12.1. The number of hydrogen-bond donors (Lipinski definition) is 1. The van der Waals surface area contributed by atoms with Crippen LogP contribution in [0.2, 0.25) is 0 Å². The van der Waals surface area contributed by atoms with Gasteiger partial charge in [-0.1, -0.05) is 37.7 Å². The fourth-order valence-electron chi connectivity index (χ4n) is 3.19. The number of thioether (sulfide) groups is 1. The summed E-state index contributed by atoms with van der Waals surface area (Å²) in [6, 6.07) is 12.1. The van der Waals surface area contributed by atoms with Gasteiger partial charge in [-0.2, -0.15) is 0 Å². The summed E-state index contributed by atoms with van der Waals surface area (Å²) in [6.45, 7) is 4.48. The lowest BCUT2D eigenvalue weighted by Gasteiger charge is -2.11. The van der Waals surface area contributed by atoms with Crippen LogP contribution in [0.1, 0.15) is 51.9 Å². The fraction of sp³-hybridized carbons (Fsp3) is 0.320. The van der Waals surface area contributed by atoms with Crippen molar-refractivity contribution in [3.63, 3.8) is 0 Å². The highest BCUT2D eigenvalue weighted by molar-refractivity contribution is 7.99. The Morgan fingerprint density at radius 2 is 1.69 bits per heavy atom. The molecule has 1 heterocycles. The number of ether oxygens (including phenoxy) is 3. The first kappa shape index (κ1) is 26.7. The second-order valence-corrected chi connectivity index (χ2v) is 8.99. The Labute approximate surface area is 213 Å². The first-order chi connectivity index (χ1) is 17.2. The van der Waals surface area contributed by atoms with Crippen LogP contribution >= 0.6 is 11.8 Å². The molecule has 0 aliphatic carbocycles. The Morgan fingerprint density at radius 1 is 1.00 bits per heavy atom. The van der Waals surface area contributed by atoms with E-state index in [0.717, 1.165) is 5.75 Å². The van der Waals surface area contributed by atoms with Crippen molar-refractivity contribution in [2.24, 2.45) is 7.05 Å². The molecule has 0 unspecified atom stereocenters. The molecule has 0 aliphatic heterocycles. The average molecular weight is 513 g/mol. The lowest BCUT2D eigenvalue weighted by Crippen LogP contribution is -2.18. The van der Waals surface area contributed by atoms with Gasteiger partial charge in [-0.05, 0) is 41.8 Å². The van der Waals surface area contributed by atoms with E-state index in [2.05, 4.69) is 29.4 Å². The van der Waals surface area contributed by atoms with E-state index >= 15 is 0 Å². The molecule has 0 fully saturated rings. The number of nitrogens with one attached hydrogen (secondary N) is 1. The van der Waals surface area contributed by atoms with E-state index in [1.54, 1.807) is 11.6 Å². The molecule has 1 amide bonds. The Hall–Kier alpha value is -3.86. The smallest absolute Gasteiger partial charge is 0.339 e. The quantitative estimate of drug-likeness (QED) is 0.319. The van der Waals surface area contributed by atoms with Crippen LogP contribution < -0.4 is 10.1 Å². The molecule has 0 bridgehead atoms. The number of benzene rings is 2. The first-order valence-electron chi connectivity index (χ1n) is 11.1. The molecule has 0 aliphatic rings. The highest BCUT2D eigenvalue weighted by Gasteiger charge is 2.18. The van der Waals surface area contributed by atoms with Crippen LogP contribution in [-0.4, -0.2) is 52.6 Å². The molecule has 0 radical (unpaired) electrons. The molecule has 0 saturated heterocycles. The molecule has 0 saturated carbocycles. The highest BCUT2D eigenvalue weighted by Crippen LogP contribution is 2.23. The van der Waals surface area contributed by atoms with Gasteiger partial charge in [0.05, 0.1) is 36.8 Å². The standard InChI is InChI=1S/C25H28N4O6S/c1-15(2)16-6-9-18(10-7-16)35-13-21-27-28-25(29(21)3)36-14-22(30)26-20-12-17(23(31)33-4)8-11-19(20)24(32)34-5/h6-12,15H,13-14H2,1-5H3,(H,26,30). The Morgan fingerprint density at radius 3 is 2.33 bits per heavy atom. The third kappa shape index (κ3) is 6.63. The molecule has 0 spiro atoms. The van der Waals surface area contributed by atoms with Crippen molar-refractivity contribution in [3.8, 4) is 5.75 Å². The minimum atomic E-state index is -0.647. The molecule has 0 atom stereocenters. The summed E-state index contributed by atoms with van der Waals surface area (Å²) in [7, 11) is 4.26. The SMILES string of the molecule is COC(=O)c1ccc(C(=O)OC)c(NC(=O)CSc2nnc(COc3ccc(C(C)C)cc3)n2C)c1. The van der Waals surface area contributed by atoms with Gasteiger partial charge >= 0.3 is 11.9 Å². The molecule has 190 valence electrons. The summed E-state index contributed by atoms with van der Waals surface area (Å²) in [4.78, 5) is 36.6. The van der Waals surface area contributed by atoms with Crippen molar-refractivity contribution < 1.29 is 28.6 Å². The van der Waals surface area contributed by atoms with Crippen molar-refractivity contribution in [3.05, 3.63) is 65.0 Å². The van der Waals surface area contributed by atoms with E-state index in [0.29, 0.717) is 16.9 Å². The van der Waals surface area contributed by atoms with Crippen molar-refractivity contribution in [1.29, 1.82) is 0 Å². The summed E-state index contributed by atoms with van der Waals surface area (Å²) in [5.41, 5.74) is 1.67. The van der Waals surface area contributed by atoms with Gasteiger partial charge in [0, 0.05) is 7.05 Å². The molecule has 11 heteroatoms. The Kier molecular flexibility index (Phi) is 9.07. The number of esters is 2. The number of carbonyl (C=O) groups excluding carboxylic acids is 3. The van der Waals surface area contributed by atoms with Crippen LogP contribution in [0.4, 0.5) is 5.69 Å². The lowest BCUT2D eigenvalue weighted by molar-refractivity contribution is -0.113. The third-order valence-corrected chi connectivity index (χ3v) is 6.31. The van der Waals surface area contributed by atoms with Gasteiger partial charge in [0.2, 0.25) is 5.91 Å². The van der Waals surface area contributed by atoms with E-state index in [1.807, 2.05) is 24.3 Å². The van der Waals surface area contributed by atoms with E-state index in [4.69, 9.17) is 14.2 Å². The number of carbonyl (C=O) groups is 3. The zero-order valence-electron chi connectivity index (χ0n) is 20.7. The number of anilines is 1. The van der Waals surface area contributed by atoms with Gasteiger partial charge in [-0.3, -0.25) is 4.79 Å². The average Bonchev–Trinajstić information content (AvgIpc) is 3.24. The van der Waals surface area contributed by atoms with Crippen molar-refractivity contribution in [2.45, 2.75) is 31.5 Å². The largest absolute Gasteiger partial charge is 0.486 e. The molecule has 10 nitrogen and oxygen atoms in total. The zero-order valence-corrected chi connectivity index (χ0v) is 21.5. The van der Waals surface area contributed by atoms with Gasteiger partial charge in [-0.25, -0.2) is 9.59 Å². The number of rotatable bonds is 10. The van der Waals surface area contributed by atoms with Crippen LogP contribution in [0.25, 0.3) is 0 Å². The van der Waals surface area contributed by atoms with Crippen LogP contribution in [0.5, 0.6) is 5.75 Å². The number of methoxy groups -OCH3 is 2. The van der Waals surface area contributed by atoms with E-state index < -0.39 is 17.8 Å². The van der Waals surface area contributed by atoms with Crippen molar-refractivity contribution >= 4 is 35.3 Å². The van der Waals surface area contributed by atoms with Gasteiger partial charge in [-0.15, -0.1) is 10.2 Å². The van der Waals surface area contributed by atoms with Crippen LogP contribution in [0, 0.1) is 0 Å². The maximum Gasteiger partial charge on any atom is 0.339 e. The molecular weight excluding hydrogens is 484 g/mol. The lowest BCUT2D eigenvalue weighted by atomic mass is 10.0. The third-order valence-electron chi connectivity index (χ3n) is 5.29. The van der Waals surface area contributed by atoms with E-state index in [-0.39, 0.29) is 29.2 Å². The predicted molar refractivity (Wildman–Crippen MR) is 134 cm³/mol. The van der Waals surface area contributed by atoms with E-state index in [1.165, 1.54) is 49.7 Å². The number of hydrogen-bond acceptors (Lipinski definition) is 9. The van der Waals surface area contributed by atoms with Gasteiger partial charge in [0.25, 0.3) is 0 Å². The topological polar surface area (TPSA) is 122 Å². The highest BCUT2D eigenvalue weighted by atomic mass is 32.2. The van der Waals surface area contributed by atoms with Gasteiger partial charge in [0.15, 0.2) is 11.0 Å². The Bertz CT molecular complexity index is 1240. The molecule has 3 rings (SSSR count). The maximum atomic E-state index is 12.6. The normalized spacial score (nSPS) is 10.7. The van der Waals surface area contributed by atoms with Crippen LogP contribution in [-0.2, 0) is 27.9 Å². The maximum absolute atomic E-state index is 12.6. The molecule has 36 heavy (non-hydrogen) atoms. The zero-order chi connectivity index (χ0) is 26.2. The number of aromatic nitrogens is 3. The molecule has 1 N–H and O–H groups in total. The summed E-state index contributed by atoms with van der Waals surface area (Å²) in [5.74, 6) is 0.118. The van der Waals surface area contributed by atoms with Crippen LogP contribution in [0.3, 0.4) is 0 Å². The summed E-state index contributed by atoms with van der Waals surface area (Å²) < 4.78 is 17.0. The monoisotopic (exact) mass is 512 g/mol. The summed E-state index contributed by atoms with van der Waals surface area (Å²) >= 11 is 1.17. The summed E-state index contributed by atoms with van der Waals surface area (Å²) in [5, 5.41) is 11.5.